The largest absolute Gasteiger partial charge is 0.322 e. The van der Waals surface area contributed by atoms with Gasteiger partial charge in [-0.25, -0.2) is 0 Å². The van der Waals surface area contributed by atoms with E-state index in [4.69, 9.17) is 0 Å². The third-order valence-electron chi connectivity index (χ3n) is 2.23. The van der Waals surface area contributed by atoms with Crippen LogP contribution in [0.25, 0.3) is 0 Å². The quantitative estimate of drug-likeness (QED) is 0.679. The molecule has 0 saturated carbocycles. The average Bonchev–Trinajstić information content (AvgIpc) is 2.75. The number of nitrogens with zero attached hydrogens (tertiary/aromatic N) is 1. The fourth-order valence-electron chi connectivity index (χ4n) is 1.37. The van der Waals surface area contributed by atoms with E-state index >= 15 is 0 Å². The molecule has 0 saturated heterocycles. The van der Waals surface area contributed by atoms with Crippen LogP contribution in [0.4, 0.5) is 15.8 Å². The van der Waals surface area contributed by atoms with E-state index in [9.17, 15) is 19.3 Å². The smallest absolute Gasteiger partial charge is 0.304 e. The molecule has 2 rings (SSSR count). The maximum Gasteiger partial charge on any atom is 0.304 e. The van der Waals surface area contributed by atoms with Crippen molar-refractivity contribution < 1.29 is 14.1 Å². The first-order valence-corrected chi connectivity index (χ1v) is 6.64. The average molecular weight is 345 g/mol. The van der Waals surface area contributed by atoms with Crippen molar-refractivity contribution in [1.82, 2.24) is 0 Å². The van der Waals surface area contributed by atoms with Gasteiger partial charge in [-0.3, -0.25) is 14.9 Å². The third-order valence-corrected chi connectivity index (χ3v) is 3.74. The number of halogens is 2. The number of amides is 1. The molecule has 0 aliphatic rings. The summed E-state index contributed by atoms with van der Waals surface area (Å²) in [5, 5.41) is 14.6. The summed E-state index contributed by atoms with van der Waals surface area (Å²) in [6.45, 7) is 0. The lowest BCUT2D eigenvalue weighted by atomic mass is 10.2. The second-order valence-corrected chi connectivity index (χ2v) is 5.81. The van der Waals surface area contributed by atoms with Crippen LogP contribution in [0.5, 0.6) is 0 Å². The van der Waals surface area contributed by atoms with Crippen LogP contribution in [0.2, 0.25) is 0 Å². The van der Waals surface area contributed by atoms with Gasteiger partial charge in [0, 0.05) is 23.2 Å². The second-order valence-electron chi connectivity index (χ2n) is 3.52. The molecule has 1 amide bonds. The van der Waals surface area contributed by atoms with Crippen LogP contribution < -0.4 is 5.32 Å². The van der Waals surface area contributed by atoms with Crippen LogP contribution in [0.1, 0.15) is 10.4 Å². The summed E-state index contributed by atoms with van der Waals surface area (Å²) in [7, 11) is 0. The van der Waals surface area contributed by atoms with Crippen molar-refractivity contribution >= 4 is 44.5 Å². The van der Waals surface area contributed by atoms with E-state index in [2.05, 4.69) is 21.2 Å². The number of anilines is 1. The van der Waals surface area contributed by atoms with Crippen LogP contribution in [0.3, 0.4) is 0 Å². The molecule has 0 aliphatic carbocycles. The SMILES string of the molecule is O=C(Nc1ccc([N+](=O)[O-])c(F)c1)c1csc(Br)c1. The first-order chi connectivity index (χ1) is 8.97. The fraction of sp³-hybridized carbons (Fsp3) is 0. The lowest BCUT2D eigenvalue weighted by molar-refractivity contribution is -0.387. The lowest BCUT2D eigenvalue weighted by Crippen LogP contribution is -2.11. The molecule has 1 N–H and O–H groups in total. The molecule has 0 atom stereocenters. The maximum atomic E-state index is 13.4. The molecule has 1 heterocycles. The fourth-order valence-corrected chi connectivity index (χ4v) is 2.50. The monoisotopic (exact) mass is 344 g/mol. The predicted octanol–water partition coefficient (Wildman–Crippen LogP) is 3.81. The van der Waals surface area contributed by atoms with Crippen molar-refractivity contribution in [2.75, 3.05) is 5.32 Å². The topological polar surface area (TPSA) is 72.2 Å². The zero-order valence-corrected chi connectivity index (χ0v) is 11.6. The molecule has 2 aromatic rings. The van der Waals surface area contributed by atoms with Crippen molar-refractivity contribution in [2.24, 2.45) is 0 Å². The molecule has 5 nitrogen and oxygen atoms in total. The Morgan fingerprint density at radius 2 is 2.16 bits per heavy atom. The van der Waals surface area contributed by atoms with Gasteiger partial charge in [0.05, 0.1) is 14.3 Å². The van der Waals surface area contributed by atoms with Gasteiger partial charge < -0.3 is 5.32 Å². The Morgan fingerprint density at radius 1 is 1.42 bits per heavy atom. The number of nitro benzene ring substituents is 1. The van der Waals surface area contributed by atoms with E-state index in [1.54, 1.807) is 11.4 Å². The molecular formula is C11H6BrFN2O3S. The van der Waals surface area contributed by atoms with Crippen LogP contribution in [-0.2, 0) is 0 Å². The highest BCUT2D eigenvalue weighted by Crippen LogP contribution is 2.23. The molecule has 0 fully saturated rings. The number of nitrogens with one attached hydrogen (secondary N) is 1. The molecule has 0 radical (unpaired) electrons. The summed E-state index contributed by atoms with van der Waals surface area (Å²) in [6.07, 6.45) is 0. The zero-order chi connectivity index (χ0) is 14.0. The standard InChI is InChI=1S/C11H6BrFN2O3S/c12-10-3-6(5-19-10)11(16)14-7-1-2-9(15(17)18)8(13)4-7/h1-5H,(H,14,16). The van der Waals surface area contributed by atoms with Gasteiger partial charge in [0.1, 0.15) is 0 Å². The van der Waals surface area contributed by atoms with Crippen LogP contribution in [-0.4, -0.2) is 10.8 Å². The molecule has 0 unspecified atom stereocenters. The molecule has 98 valence electrons. The van der Waals surface area contributed by atoms with Gasteiger partial charge in [-0.05, 0) is 28.1 Å². The first-order valence-electron chi connectivity index (χ1n) is 4.96. The van der Waals surface area contributed by atoms with Gasteiger partial charge in [-0.2, -0.15) is 4.39 Å². The van der Waals surface area contributed by atoms with Gasteiger partial charge in [-0.15, -0.1) is 11.3 Å². The minimum atomic E-state index is -0.991. The number of carbonyl (C=O) groups is 1. The van der Waals surface area contributed by atoms with Gasteiger partial charge in [0.15, 0.2) is 0 Å². The first kappa shape index (κ1) is 13.6. The Hall–Kier alpha value is -1.80. The Bertz CT molecular complexity index is 659. The molecule has 0 spiro atoms. The summed E-state index contributed by atoms with van der Waals surface area (Å²) in [6, 6.07) is 4.83. The number of thiophene rings is 1. The van der Waals surface area contributed by atoms with Gasteiger partial charge in [0.25, 0.3) is 5.91 Å². The Balaban J connectivity index is 2.18. The summed E-state index contributed by atoms with van der Waals surface area (Å²) >= 11 is 4.57. The molecule has 1 aromatic heterocycles. The summed E-state index contributed by atoms with van der Waals surface area (Å²) < 4.78 is 14.2. The molecule has 19 heavy (non-hydrogen) atoms. The number of carbonyl (C=O) groups excluding carboxylic acids is 1. The lowest BCUT2D eigenvalue weighted by Gasteiger charge is -2.03. The van der Waals surface area contributed by atoms with E-state index in [-0.39, 0.29) is 5.69 Å². The molecule has 1 aromatic carbocycles. The maximum absolute atomic E-state index is 13.4. The molecule has 8 heteroatoms. The van der Waals surface area contributed by atoms with Crippen molar-refractivity contribution in [3.8, 4) is 0 Å². The Morgan fingerprint density at radius 3 is 2.68 bits per heavy atom. The predicted molar refractivity (Wildman–Crippen MR) is 73.0 cm³/mol. The third kappa shape index (κ3) is 3.15. The Labute approximate surface area is 119 Å². The van der Waals surface area contributed by atoms with Gasteiger partial charge >= 0.3 is 5.69 Å². The van der Waals surface area contributed by atoms with E-state index in [1.165, 1.54) is 17.4 Å². The highest BCUT2D eigenvalue weighted by Gasteiger charge is 2.15. The van der Waals surface area contributed by atoms with E-state index < -0.39 is 22.3 Å². The minimum absolute atomic E-state index is 0.162. The van der Waals surface area contributed by atoms with Crippen molar-refractivity contribution in [2.45, 2.75) is 0 Å². The molecule has 0 aliphatic heterocycles. The number of rotatable bonds is 3. The summed E-state index contributed by atoms with van der Waals surface area (Å²) in [5.74, 6) is -1.40. The van der Waals surface area contributed by atoms with Gasteiger partial charge in [0.2, 0.25) is 5.82 Å². The highest BCUT2D eigenvalue weighted by atomic mass is 79.9. The zero-order valence-electron chi connectivity index (χ0n) is 9.22. The number of hydrogen-bond donors (Lipinski definition) is 1. The molecule has 0 bridgehead atoms. The number of nitro groups is 1. The number of benzene rings is 1. The summed E-state index contributed by atoms with van der Waals surface area (Å²) in [4.78, 5) is 21.4. The Kier molecular flexibility index (Phi) is 3.91. The van der Waals surface area contributed by atoms with Crippen LogP contribution in [0.15, 0.2) is 33.4 Å². The van der Waals surface area contributed by atoms with Crippen LogP contribution in [0, 0.1) is 15.9 Å². The van der Waals surface area contributed by atoms with E-state index in [0.717, 1.165) is 15.9 Å². The van der Waals surface area contributed by atoms with E-state index in [1.807, 2.05) is 0 Å². The van der Waals surface area contributed by atoms with Crippen LogP contribution >= 0.6 is 27.3 Å². The summed E-state index contributed by atoms with van der Waals surface area (Å²) in [5.41, 5.74) is -0.0395. The normalized spacial score (nSPS) is 10.2. The number of hydrogen-bond acceptors (Lipinski definition) is 4. The van der Waals surface area contributed by atoms with Crippen molar-refractivity contribution in [1.29, 1.82) is 0 Å². The van der Waals surface area contributed by atoms with Gasteiger partial charge in [-0.1, -0.05) is 0 Å². The highest BCUT2D eigenvalue weighted by molar-refractivity contribution is 9.11. The molecular weight excluding hydrogens is 339 g/mol. The van der Waals surface area contributed by atoms with Crippen molar-refractivity contribution in [3.05, 3.63) is 54.9 Å². The minimum Gasteiger partial charge on any atom is -0.322 e. The van der Waals surface area contributed by atoms with E-state index in [0.29, 0.717) is 5.56 Å². The second kappa shape index (κ2) is 5.45. The van der Waals surface area contributed by atoms with Crippen molar-refractivity contribution in [3.63, 3.8) is 0 Å².